The van der Waals surface area contributed by atoms with E-state index in [1.807, 2.05) is 12.1 Å². The van der Waals surface area contributed by atoms with Gasteiger partial charge in [-0.1, -0.05) is 30.7 Å². The van der Waals surface area contributed by atoms with Crippen molar-refractivity contribution in [1.29, 1.82) is 5.26 Å². The fourth-order valence-electron chi connectivity index (χ4n) is 2.63. The lowest BCUT2D eigenvalue weighted by atomic mass is 9.91. The Labute approximate surface area is 142 Å². The SMILES string of the molecule is CCc1ccc(OC)c(CC(C#N)c2cc(Cl)ccc2OC)c1. The summed E-state index contributed by atoms with van der Waals surface area (Å²) in [4.78, 5) is 0. The lowest BCUT2D eigenvalue weighted by Gasteiger charge is -2.16. The number of aryl methyl sites for hydroxylation is 1. The number of ether oxygens (including phenoxy) is 2. The average Bonchev–Trinajstić information content (AvgIpc) is 2.59. The van der Waals surface area contributed by atoms with Crippen molar-refractivity contribution in [2.24, 2.45) is 0 Å². The Morgan fingerprint density at radius 2 is 1.78 bits per heavy atom. The van der Waals surface area contributed by atoms with Gasteiger partial charge in [-0.15, -0.1) is 0 Å². The van der Waals surface area contributed by atoms with Crippen LogP contribution in [0.2, 0.25) is 5.02 Å². The van der Waals surface area contributed by atoms with Crippen LogP contribution in [-0.2, 0) is 12.8 Å². The molecule has 0 N–H and O–H groups in total. The van der Waals surface area contributed by atoms with E-state index in [9.17, 15) is 5.26 Å². The number of nitrogens with zero attached hydrogens (tertiary/aromatic N) is 1. The minimum atomic E-state index is -0.357. The maximum atomic E-state index is 9.65. The third-order valence-corrected chi connectivity index (χ3v) is 4.14. The highest BCUT2D eigenvalue weighted by Gasteiger charge is 2.19. The fraction of sp³-hybridized carbons (Fsp3) is 0.316. The van der Waals surface area contributed by atoms with Gasteiger partial charge in [-0.05, 0) is 48.2 Å². The van der Waals surface area contributed by atoms with E-state index < -0.39 is 0 Å². The lowest BCUT2D eigenvalue weighted by Crippen LogP contribution is -2.05. The number of hydrogen-bond donors (Lipinski definition) is 0. The van der Waals surface area contributed by atoms with Gasteiger partial charge in [-0.2, -0.15) is 5.26 Å². The van der Waals surface area contributed by atoms with Gasteiger partial charge in [-0.3, -0.25) is 0 Å². The second kappa shape index (κ2) is 7.89. The Balaban J connectivity index is 2.41. The summed E-state index contributed by atoms with van der Waals surface area (Å²) in [6.45, 7) is 2.10. The average molecular weight is 330 g/mol. The van der Waals surface area contributed by atoms with Gasteiger partial charge >= 0.3 is 0 Å². The van der Waals surface area contributed by atoms with Gasteiger partial charge in [0.1, 0.15) is 11.5 Å². The highest BCUT2D eigenvalue weighted by atomic mass is 35.5. The molecule has 0 amide bonds. The van der Waals surface area contributed by atoms with E-state index in [4.69, 9.17) is 21.1 Å². The van der Waals surface area contributed by atoms with Crippen molar-refractivity contribution < 1.29 is 9.47 Å². The summed E-state index contributed by atoms with van der Waals surface area (Å²) in [5, 5.41) is 10.2. The molecule has 0 aliphatic carbocycles. The van der Waals surface area contributed by atoms with E-state index in [1.165, 1.54) is 5.56 Å². The minimum absolute atomic E-state index is 0.357. The van der Waals surface area contributed by atoms with Gasteiger partial charge in [0.15, 0.2) is 0 Å². The van der Waals surface area contributed by atoms with Crippen LogP contribution in [0.1, 0.15) is 29.5 Å². The van der Waals surface area contributed by atoms with Gasteiger partial charge in [-0.25, -0.2) is 0 Å². The first-order chi connectivity index (χ1) is 11.1. The van der Waals surface area contributed by atoms with Gasteiger partial charge in [0.25, 0.3) is 0 Å². The van der Waals surface area contributed by atoms with Crippen LogP contribution in [0.4, 0.5) is 0 Å². The van der Waals surface area contributed by atoms with Gasteiger partial charge < -0.3 is 9.47 Å². The first-order valence-electron chi connectivity index (χ1n) is 7.51. The number of hydrogen-bond acceptors (Lipinski definition) is 3. The maximum absolute atomic E-state index is 9.65. The third kappa shape index (κ3) is 3.97. The second-order valence-corrected chi connectivity index (χ2v) is 5.71. The summed E-state index contributed by atoms with van der Waals surface area (Å²) < 4.78 is 10.8. The molecule has 0 aromatic heterocycles. The third-order valence-electron chi connectivity index (χ3n) is 3.90. The van der Waals surface area contributed by atoms with Crippen LogP contribution in [0.5, 0.6) is 11.5 Å². The molecule has 4 heteroatoms. The molecule has 0 bridgehead atoms. The predicted octanol–water partition coefficient (Wildman–Crippen LogP) is 4.77. The molecule has 2 aromatic carbocycles. The summed E-state index contributed by atoms with van der Waals surface area (Å²) in [6, 6.07) is 13.8. The van der Waals surface area contributed by atoms with Crippen molar-refractivity contribution in [3.05, 3.63) is 58.1 Å². The van der Waals surface area contributed by atoms with Crippen LogP contribution in [-0.4, -0.2) is 14.2 Å². The van der Waals surface area contributed by atoms with Gasteiger partial charge in [0.2, 0.25) is 0 Å². The number of halogens is 1. The zero-order valence-corrected chi connectivity index (χ0v) is 14.4. The van der Waals surface area contributed by atoms with E-state index >= 15 is 0 Å². The number of benzene rings is 2. The molecule has 0 saturated carbocycles. The Morgan fingerprint density at radius 1 is 1.09 bits per heavy atom. The van der Waals surface area contributed by atoms with E-state index in [-0.39, 0.29) is 5.92 Å². The van der Waals surface area contributed by atoms with Crippen molar-refractivity contribution in [1.82, 2.24) is 0 Å². The molecule has 1 atom stereocenters. The Bertz CT molecular complexity index is 722. The Hall–Kier alpha value is -2.18. The fourth-order valence-corrected chi connectivity index (χ4v) is 2.81. The molecule has 0 saturated heterocycles. The topological polar surface area (TPSA) is 42.2 Å². The van der Waals surface area contributed by atoms with E-state index in [2.05, 4.69) is 19.1 Å². The highest BCUT2D eigenvalue weighted by Crippen LogP contribution is 2.33. The molecule has 120 valence electrons. The summed E-state index contributed by atoms with van der Waals surface area (Å²) in [5.41, 5.74) is 3.03. The monoisotopic (exact) mass is 329 g/mol. The van der Waals surface area contributed by atoms with Gasteiger partial charge in [0.05, 0.1) is 26.2 Å². The predicted molar refractivity (Wildman–Crippen MR) is 92.4 cm³/mol. The van der Waals surface area contributed by atoms with E-state index in [0.29, 0.717) is 17.2 Å². The smallest absolute Gasteiger partial charge is 0.123 e. The molecule has 0 aliphatic heterocycles. The first kappa shape index (κ1) is 17.2. The molecule has 3 nitrogen and oxygen atoms in total. The Kier molecular flexibility index (Phi) is 5.90. The van der Waals surface area contributed by atoms with Crippen molar-refractivity contribution in [2.45, 2.75) is 25.7 Å². The lowest BCUT2D eigenvalue weighted by molar-refractivity contribution is 0.404. The summed E-state index contributed by atoms with van der Waals surface area (Å²) in [7, 11) is 3.24. The largest absolute Gasteiger partial charge is 0.496 e. The van der Waals surface area contributed by atoms with Crippen molar-refractivity contribution in [3.8, 4) is 17.6 Å². The normalized spacial score (nSPS) is 11.6. The van der Waals surface area contributed by atoms with Crippen LogP contribution in [0.25, 0.3) is 0 Å². The molecule has 2 aromatic rings. The van der Waals surface area contributed by atoms with Gasteiger partial charge in [0, 0.05) is 10.6 Å². The van der Waals surface area contributed by atoms with Crippen LogP contribution in [0.15, 0.2) is 36.4 Å². The molecule has 23 heavy (non-hydrogen) atoms. The van der Waals surface area contributed by atoms with Crippen LogP contribution in [0.3, 0.4) is 0 Å². The minimum Gasteiger partial charge on any atom is -0.496 e. The number of rotatable bonds is 6. The molecule has 1 unspecified atom stereocenters. The van der Waals surface area contributed by atoms with Crippen molar-refractivity contribution in [3.63, 3.8) is 0 Å². The quantitative estimate of drug-likeness (QED) is 0.766. The van der Waals surface area contributed by atoms with Crippen molar-refractivity contribution in [2.75, 3.05) is 14.2 Å². The number of methoxy groups -OCH3 is 2. The molecular weight excluding hydrogens is 310 g/mol. The standard InChI is InChI=1S/C19H20ClNO2/c1-4-13-5-7-18(22-2)14(9-13)10-15(12-21)17-11-16(20)6-8-19(17)23-3/h5-9,11,15H,4,10H2,1-3H3. The molecule has 0 spiro atoms. The molecule has 0 fully saturated rings. The molecule has 0 aliphatic rings. The summed E-state index contributed by atoms with van der Waals surface area (Å²) in [5.74, 6) is 1.11. The first-order valence-corrected chi connectivity index (χ1v) is 7.89. The molecular formula is C19H20ClNO2. The zero-order valence-electron chi connectivity index (χ0n) is 13.6. The van der Waals surface area contributed by atoms with Crippen LogP contribution >= 0.6 is 11.6 Å². The van der Waals surface area contributed by atoms with Crippen LogP contribution in [0, 0.1) is 11.3 Å². The Morgan fingerprint density at radius 3 is 2.39 bits per heavy atom. The molecule has 0 radical (unpaired) electrons. The zero-order chi connectivity index (χ0) is 16.8. The summed E-state index contributed by atoms with van der Waals surface area (Å²) >= 11 is 6.09. The van der Waals surface area contributed by atoms with Crippen molar-refractivity contribution >= 4 is 11.6 Å². The molecule has 0 heterocycles. The number of nitriles is 1. The van der Waals surface area contributed by atoms with E-state index in [0.717, 1.165) is 23.3 Å². The molecule has 2 rings (SSSR count). The van der Waals surface area contributed by atoms with Crippen LogP contribution < -0.4 is 9.47 Å². The van der Waals surface area contributed by atoms with E-state index in [1.54, 1.807) is 32.4 Å². The second-order valence-electron chi connectivity index (χ2n) is 5.27. The summed E-state index contributed by atoms with van der Waals surface area (Å²) in [6.07, 6.45) is 1.49. The highest BCUT2D eigenvalue weighted by molar-refractivity contribution is 6.30. The maximum Gasteiger partial charge on any atom is 0.123 e.